The summed E-state index contributed by atoms with van der Waals surface area (Å²) in [6, 6.07) is 5.85. The van der Waals surface area contributed by atoms with Gasteiger partial charge in [-0.1, -0.05) is 0 Å². The Hall–Kier alpha value is -0.180. The van der Waals surface area contributed by atoms with Crippen LogP contribution in [0.4, 0.5) is 0 Å². The molecule has 59 valence electrons. The Morgan fingerprint density at radius 3 is 2.64 bits per heavy atom. The molecule has 0 spiro atoms. The summed E-state index contributed by atoms with van der Waals surface area (Å²) in [5, 5.41) is 0. The summed E-state index contributed by atoms with van der Waals surface area (Å²) in [7, 11) is 0. The lowest BCUT2D eigenvalue weighted by Gasteiger charge is -2.11. The molecule has 0 saturated carbocycles. The van der Waals surface area contributed by atoms with Gasteiger partial charge in [-0.2, -0.15) is 0 Å². The molecule has 0 bridgehead atoms. The number of halogens is 3. The topological polar surface area (TPSA) is 22.1 Å². The van der Waals surface area contributed by atoms with Crippen molar-refractivity contribution in [3.63, 3.8) is 0 Å². The standard InChI is InChI=1S/C6H3Cl3NO/c7-6(8,9)11-5-3-1-2-4-10-5/h1,3-4H. The number of alkyl halides is 3. The molecule has 1 aromatic heterocycles. The van der Waals surface area contributed by atoms with Crippen molar-refractivity contribution < 1.29 is 4.74 Å². The Morgan fingerprint density at radius 1 is 1.45 bits per heavy atom. The van der Waals surface area contributed by atoms with E-state index in [1.54, 1.807) is 12.1 Å². The lowest BCUT2D eigenvalue weighted by Crippen LogP contribution is -2.13. The predicted octanol–water partition coefficient (Wildman–Crippen LogP) is 2.59. The average molecular weight is 211 g/mol. The van der Waals surface area contributed by atoms with Gasteiger partial charge in [-0.25, -0.2) is 4.98 Å². The molecule has 0 aliphatic carbocycles. The molecule has 0 fully saturated rings. The van der Waals surface area contributed by atoms with Gasteiger partial charge in [0.05, 0.1) is 0 Å². The zero-order chi connectivity index (χ0) is 8.32. The molecule has 0 aromatic carbocycles. The maximum absolute atomic E-state index is 5.33. The van der Waals surface area contributed by atoms with Gasteiger partial charge in [0.2, 0.25) is 5.88 Å². The van der Waals surface area contributed by atoms with Gasteiger partial charge in [0.25, 0.3) is 0 Å². The fourth-order valence-corrected chi connectivity index (χ4v) is 0.722. The fraction of sp³-hybridized carbons (Fsp3) is 0.167. The SMILES string of the molecule is ClC(Cl)(Cl)Oc1cc[c]cn1. The van der Waals surface area contributed by atoms with E-state index < -0.39 is 3.98 Å². The average Bonchev–Trinajstić information content (AvgIpc) is 1.85. The van der Waals surface area contributed by atoms with Crippen LogP contribution in [0.2, 0.25) is 0 Å². The van der Waals surface area contributed by atoms with Gasteiger partial charge in [-0.15, -0.1) is 0 Å². The quantitative estimate of drug-likeness (QED) is 0.666. The van der Waals surface area contributed by atoms with E-state index >= 15 is 0 Å². The number of ether oxygens (including phenoxy) is 1. The van der Waals surface area contributed by atoms with Crippen LogP contribution in [0.15, 0.2) is 18.3 Å². The van der Waals surface area contributed by atoms with Crippen LogP contribution in [0.1, 0.15) is 0 Å². The lowest BCUT2D eigenvalue weighted by atomic mass is 10.5. The molecular weight excluding hydrogens is 208 g/mol. The van der Waals surface area contributed by atoms with Crippen molar-refractivity contribution in [1.82, 2.24) is 4.98 Å². The summed E-state index contributed by atoms with van der Waals surface area (Å²) in [6.45, 7) is 0. The van der Waals surface area contributed by atoms with Crippen LogP contribution in [-0.4, -0.2) is 8.96 Å². The Labute approximate surface area is 79.0 Å². The monoisotopic (exact) mass is 210 g/mol. The van der Waals surface area contributed by atoms with Crippen LogP contribution in [0.25, 0.3) is 0 Å². The molecule has 0 saturated heterocycles. The van der Waals surface area contributed by atoms with Crippen molar-refractivity contribution in [1.29, 1.82) is 0 Å². The molecule has 0 amide bonds. The molecule has 0 atom stereocenters. The third kappa shape index (κ3) is 3.65. The molecule has 0 unspecified atom stereocenters. The molecule has 0 N–H and O–H groups in total. The van der Waals surface area contributed by atoms with Gasteiger partial charge in [-0.3, -0.25) is 0 Å². The van der Waals surface area contributed by atoms with Crippen molar-refractivity contribution in [3.05, 3.63) is 24.4 Å². The van der Waals surface area contributed by atoms with E-state index in [0.29, 0.717) is 0 Å². The second kappa shape index (κ2) is 3.48. The highest BCUT2D eigenvalue weighted by Crippen LogP contribution is 2.28. The van der Waals surface area contributed by atoms with Crippen molar-refractivity contribution in [2.45, 2.75) is 3.98 Å². The number of rotatable bonds is 1. The molecule has 2 nitrogen and oxygen atoms in total. The van der Waals surface area contributed by atoms with Crippen molar-refractivity contribution in [2.24, 2.45) is 0 Å². The lowest BCUT2D eigenvalue weighted by molar-refractivity contribution is 0.307. The summed E-state index contributed by atoms with van der Waals surface area (Å²) in [5.41, 5.74) is 0. The van der Waals surface area contributed by atoms with Crippen LogP contribution in [0, 0.1) is 6.07 Å². The highest BCUT2D eigenvalue weighted by molar-refractivity contribution is 6.66. The van der Waals surface area contributed by atoms with Crippen LogP contribution in [0.3, 0.4) is 0 Å². The largest absolute Gasteiger partial charge is 0.428 e. The summed E-state index contributed by atoms with van der Waals surface area (Å²) in [6.07, 6.45) is 1.42. The van der Waals surface area contributed by atoms with Crippen molar-refractivity contribution >= 4 is 34.8 Å². The molecule has 1 rings (SSSR count). The molecule has 1 radical (unpaired) electrons. The van der Waals surface area contributed by atoms with Gasteiger partial charge in [0, 0.05) is 18.3 Å². The minimum Gasteiger partial charge on any atom is -0.428 e. The van der Waals surface area contributed by atoms with E-state index in [4.69, 9.17) is 39.5 Å². The van der Waals surface area contributed by atoms with Crippen LogP contribution >= 0.6 is 34.8 Å². The number of hydrogen-bond donors (Lipinski definition) is 0. The first kappa shape index (κ1) is 8.91. The van der Waals surface area contributed by atoms with Gasteiger partial charge >= 0.3 is 3.98 Å². The van der Waals surface area contributed by atoms with Crippen LogP contribution < -0.4 is 4.74 Å². The first-order chi connectivity index (χ1) is 5.08. The maximum atomic E-state index is 5.33. The second-order valence-electron chi connectivity index (χ2n) is 1.64. The summed E-state index contributed by atoms with van der Waals surface area (Å²) >= 11 is 16.0. The van der Waals surface area contributed by atoms with Crippen LogP contribution in [0.5, 0.6) is 5.88 Å². The summed E-state index contributed by atoms with van der Waals surface area (Å²) in [5.74, 6) is 0.253. The predicted molar refractivity (Wildman–Crippen MR) is 44.0 cm³/mol. The van der Waals surface area contributed by atoms with E-state index in [-0.39, 0.29) is 5.88 Å². The molecule has 11 heavy (non-hydrogen) atoms. The molecule has 1 aromatic rings. The Morgan fingerprint density at radius 2 is 2.18 bits per heavy atom. The van der Waals surface area contributed by atoms with Crippen LogP contribution in [-0.2, 0) is 0 Å². The zero-order valence-corrected chi connectivity index (χ0v) is 7.49. The molecular formula is C6H3Cl3NO. The van der Waals surface area contributed by atoms with Gasteiger partial charge < -0.3 is 4.74 Å². The van der Waals surface area contributed by atoms with Gasteiger partial charge in [0.1, 0.15) is 0 Å². The van der Waals surface area contributed by atoms with Gasteiger partial charge in [0.15, 0.2) is 0 Å². The normalized spacial score (nSPS) is 11.2. The molecule has 1 heterocycles. The van der Waals surface area contributed by atoms with Crippen molar-refractivity contribution in [3.8, 4) is 5.88 Å². The fourth-order valence-electron chi connectivity index (χ4n) is 0.485. The minimum absolute atomic E-state index is 0.253. The van der Waals surface area contributed by atoms with Gasteiger partial charge in [-0.05, 0) is 40.9 Å². The highest BCUT2D eigenvalue weighted by atomic mass is 35.6. The third-order valence-electron chi connectivity index (χ3n) is 0.809. The Balaban J connectivity index is 2.66. The van der Waals surface area contributed by atoms with E-state index in [2.05, 4.69) is 11.1 Å². The first-order valence-corrected chi connectivity index (χ1v) is 3.79. The summed E-state index contributed by atoms with van der Waals surface area (Å²) < 4.78 is 3.01. The van der Waals surface area contributed by atoms with E-state index in [0.717, 1.165) is 0 Å². The van der Waals surface area contributed by atoms with Crippen molar-refractivity contribution in [2.75, 3.05) is 0 Å². The van der Waals surface area contributed by atoms with E-state index in [9.17, 15) is 0 Å². The van der Waals surface area contributed by atoms with E-state index in [1.165, 1.54) is 6.20 Å². The number of aromatic nitrogens is 1. The third-order valence-corrected chi connectivity index (χ3v) is 1.04. The first-order valence-electron chi connectivity index (χ1n) is 2.66. The molecule has 5 heteroatoms. The second-order valence-corrected chi connectivity index (χ2v) is 3.82. The minimum atomic E-state index is -1.76. The Kier molecular flexibility index (Phi) is 2.82. The summed E-state index contributed by atoms with van der Waals surface area (Å²) in [4.78, 5) is 3.73. The Bertz CT molecular complexity index is 221. The number of hydrogen-bond acceptors (Lipinski definition) is 2. The number of pyridine rings is 1. The highest BCUT2D eigenvalue weighted by Gasteiger charge is 2.21. The zero-order valence-electron chi connectivity index (χ0n) is 5.22. The molecule has 0 aliphatic rings. The maximum Gasteiger partial charge on any atom is 0.339 e. The molecule has 0 aliphatic heterocycles. The van der Waals surface area contributed by atoms with E-state index in [1.807, 2.05) is 0 Å². The smallest absolute Gasteiger partial charge is 0.339 e. The number of nitrogens with zero attached hydrogens (tertiary/aromatic N) is 1.